The average molecular weight is 342 g/mol. The number of nitrogens with one attached hydrogen (secondary N) is 1. The highest BCUT2D eigenvalue weighted by Gasteiger charge is 2.17. The summed E-state index contributed by atoms with van der Waals surface area (Å²) in [5.74, 6) is -1.15. The Morgan fingerprint density at radius 2 is 1.68 bits per heavy atom. The molecule has 25 heavy (non-hydrogen) atoms. The van der Waals surface area contributed by atoms with E-state index in [1.165, 1.54) is 25.1 Å². The van der Waals surface area contributed by atoms with Crippen LogP contribution in [-0.2, 0) is 4.79 Å². The van der Waals surface area contributed by atoms with E-state index in [9.17, 15) is 14.0 Å². The zero-order valence-corrected chi connectivity index (χ0v) is 15.0. The van der Waals surface area contributed by atoms with E-state index in [2.05, 4.69) is 5.32 Å². The Morgan fingerprint density at radius 3 is 2.24 bits per heavy atom. The second kappa shape index (κ2) is 7.92. The van der Waals surface area contributed by atoms with Crippen LogP contribution in [0.4, 0.5) is 10.1 Å². The number of benzene rings is 2. The number of aryl methyl sites for hydroxylation is 3. The first-order valence-corrected chi connectivity index (χ1v) is 8.20. The molecule has 0 aliphatic rings. The number of nitrogens with zero attached hydrogens (tertiary/aromatic N) is 1. The van der Waals surface area contributed by atoms with E-state index in [-0.39, 0.29) is 18.0 Å². The van der Waals surface area contributed by atoms with Gasteiger partial charge in [0.05, 0.1) is 5.56 Å². The van der Waals surface area contributed by atoms with Crippen LogP contribution in [0.5, 0.6) is 0 Å². The molecule has 132 valence electrons. The Kier molecular flexibility index (Phi) is 5.91. The number of rotatable bonds is 5. The van der Waals surface area contributed by atoms with E-state index in [0.717, 1.165) is 22.4 Å². The van der Waals surface area contributed by atoms with Gasteiger partial charge in [0, 0.05) is 25.7 Å². The largest absolute Gasteiger partial charge is 0.350 e. The van der Waals surface area contributed by atoms with Crippen molar-refractivity contribution < 1.29 is 14.0 Å². The average Bonchev–Trinajstić information content (AvgIpc) is 2.52. The van der Waals surface area contributed by atoms with Crippen molar-refractivity contribution in [1.82, 2.24) is 5.32 Å². The molecule has 4 nitrogen and oxygen atoms in total. The molecule has 2 aromatic carbocycles. The predicted octanol–water partition coefficient (Wildman–Crippen LogP) is 3.53. The van der Waals surface area contributed by atoms with E-state index in [1.54, 1.807) is 11.0 Å². The summed E-state index contributed by atoms with van der Waals surface area (Å²) in [6, 6.07) is 9.87. The Hall–Kier alpha value is -2.69. The Morgan fingerprint density at radius 1 is 1.08 bits per heavy atom. The third kappa shape index (κ3) is 4.44. The molecule has 2 rings (SSSR count). The van der Waals surface area contributed by atoms with Gasteiger partial charge in [-0.3, -0.25) is 9.59 Å². The molecule has 0 saturated heterocycles. The van der Waals surface area contributed by atoms with Gasteiger partial charge in [-0.1, -0.05) is 29.8 Å². The minimum Gasteiger partial charge on any atom is -0.350 e. The summed E-state index contributed by atoms with van der Waals surface area (Å²) in [7, 11) is 0. The quantitative estimate of drug-likeness (QED) is 0.904. The first-order chi connectivity index (χ1) is 11.8. The molecular weight excluding hydrogens is 319 g/mol. The van der Waals surface area contributed by atoms with Crippen LogP contribution >= 0.6 is 0 Å². The highest BCUT2D eigenvalue weighted by molar-refractivity contribution is 5.95. The molecule has 0 spiro atoms. The molecular formula is C20H23FN2O2. The van der Waals surface area contributed by atoms with E-state index >= 15 is 0 Å². The van der Waals surface area contributed by atoms with Crippen LogP contribution in [-0.4, -0.2) is 24.9 Å². The standard InChI is InChI=1S/C20H23FN2O2/c1-13-11-14(2)19(15(3)12-13)23(16(4)24)10-9-22-20(25)17-7-5-6-8-18(17)21/h5-8,11-12H,9-10H2,1-4H3,(H,22,25). The fourth-order valence-corrected chi connectivity index (χ4v) is 3.05. The minimum absolute atomic E-state index is 0.000396. The Labute approximate surface area is 147 Å². The van der Waals surface area contributed by atoms with Crippen LogP contribution in [0.2, 0.25) is 0 Å². The fourth-order valence-electron chi connectivity index (χ4n) is 3.05. The van der Waals surface area contributed by atoms with Gasteiger partial charge in [-0.25, -0.2) is 4.39 Å². The van der Waals surface area contributed by atoms with Crippen molar-refractivity contribution in [2.24, 2.45) is 0 Å². The Balaban J connectivity index is 2.10. The molecule has 0 unspecified atom stereocenters. The maximum atomic E-state index is 13.6. The number of amides is 2. The molecule has 0 atom stereocenters. The summed E-state index contributed by atoms with van der Waals surface area (Å²) in [6.45, 7) is 7.99. The zero-order chi connectivity index (χ0) is 18.6. The normalized spacial score (nSPS) is 10.4. The zero-order valence-electron chi connectivity index (χ0n) is 15.0. The molecule has 0 aliphatic carbocycles. The van der Waals surface area contributed by atoms with E-state index in [4.69, 9.17) is 0 Å². The van der Waals surface area contributed by atoms with Crippen LogP contribution in [0.25, 0.3) is 0 Å². The van der Waals surface area contributed by atoms with Gasteiger partial charge in [-0.15, -0.1) is 0 Å². The van der Waals surface area contributed by atoms with Crippen molar-refractivity contribution in [3.05, 3.63) is 64.5 Å². The molecule has 0 fully saturated rings. The highest BCUT2D eigenvalue weighted by atomic mass is 19.1. The fraction of sp³-hybridized carbons (Fsp3) is 0.300. The third-order valence-electron chi connectivity index (χ3n) is 4.02. The minimum atomic E-state index is -0.561. The summed E-state index contributed by atoms with van der Waals surface area (Å²) >= 11 is 0. The molecule has 0 bridgehead atoms. The molecule has 1 N–H and O–H groups in total. The van der Waals surface area contributed by atoms with Crippen molar-refractivity contribution in [2.75, 3.05) is 18.0 Å². The molecule has 0 aliphatic heterocycles. The molecule has 0 aromatic heterocycles. The van der Waals surface area contributed by atoms with Gasteiger partial charge >= 0.3 is 0 Å². The van der Waals surface area contributed by atoms with Crippen LogP contribution in [0.15, 0.2) is 36.4 Å². The summed E-state index contributed by atoms with van der Waals surface area (Å²) in [5.41, 5.74) is 4.01. The third-order valence-corrected chi connectivity index (χ3v) is 4.02. The van der Waals surface area contributed by atoms with Gasteiger partial charge in [0.25, 0.3) is 5.91 Å². The monoisotopic (exact) mass is 342 g/mol. The highest BCUT2D eigenvalue weighted by Crippen LogP contribution is 2.26. The van der Waals surface area contributed by atoms with Gasteiger partial charge in [-0.2, -0.15) is 0 Å². The second-order valence-corrected chi connectivity index (χ2v) is 6.15. The van der Waals surface area contributed by atoms with Gasteiger partial charge in [0.15, 0.2) is 0 Å². The van der Waals surface area contributed by atoms with Crippen LogP contribution in [0.1, 0.15) is 34.0 Å². The van der Waals surface area contributed by atoms with Crippen molar-refractivity contribution in [2.45, 2.75) is 27.7 Å². The summed E-state index contributed by atoms with van der Waals surface area (Å²) in [4.78, 5) is 25.8. The number of halogens is 1. The van der Waals surface area contributed by atoms with Gasteiger partial charge < -0.3 is 10.2 Å². The summed E-state index contributed by atoms with van der Waals surface area (Å²) in [5, 5.41) is 2.67. The van der Waals surface area contributed by atoms with Gasteiger partial charge in [0.1, 0.15) is 5.82 Å². The van der Waals surface area contributed by atoms with E-state index in [0.29, 0.717) is 6.54 Å². The van der Waals surface area contributed by atoms with Crippen LogP contribution < -0.4 is 10.2 Å². The maximum Gasteiger partial charge on any atom is 0.254 e. The SMILES string of the molecule is CC(=O)N(CCNC(=O)c1ccccc1F)c1c(C)cc(C)cc1C. The van der Waals surface area contributed by atoms with Crippen LogP contribution in [0, 0.1) is 26.6 Å². The number of carbonyl (C=O) groups excluding carboxylic acids is 2. The first-order valence-electron chi connectivity index (χ1n) is 8.20. The topological polar surface area (TPSA) is 49.4 Å². The van der Waals surface area contributed by atoms with E-state index < -0.39 is 11.7 Å². The van der Waals surface area contributed by atoms with Gasteiger partial charge in [-0.05, 0) is 44.0 Å². The smallest absolute Gasteiger partial charge is 0.254 e. The maximum absolute atomic E-state index is 13.6. The van der Waals surface area contributed by atoms with Crippen molar-refractivity contribution in [3.63, 3.8) is 0 Å². The van der Waals surface area contributed by atoms with E-state index in [1.807, 2.05) is 32.9 Å². The summed E-state index contributed by atoms with van der Waals surface area (Å²) in [6.07, 6.45) is 0. The molecule has 0 saturated carbocycles. The van der Waals surface area contributed by atoms with Crippen molar-refractivity contribution >= 4 is 17.5 Å². The predicted molar refractivity (Wildman–Crippen MR) is 97.4 cm³/mol. The molecule has 5 heteroatoms. The number of hydrogen-bond acceptors (Lipinski definition) is 2. The van der Waals surface area contributed by atoms with Gasteiger partial charge in [0.2, 0.25) is 5.91 Å². The first kappa shape index (κ1) is 18.6. The molecule has 0 radical (unpaired) electrons. The molecule has 2 aromatic rings. The number of carbonyl (C=O) groups is 2. The lowest BCUT2D eigenvalue weighted by Gasteiger charge is -2.25. The lowest BCUT2D eigenvalue weighted by Crippen LogP contribution is -2.38. The number of hydrogen-bond donors (Lipinski definition) is 1. The molecule has 0 heterocycles. The van der Waals surface area contributed by atoms with Crippen LogP contribution in [0.3, 0.4) is 0 Å². The summed E-state index contributed by atoms with van der Waals surface area (Å²) < 4.78 is 13.6. The lowest BCUT2D eigenvalue weighted by atomic mass is 10.0. The lowest BCUT2D eigenvalue weighted by molar-refractivity contribution is -0.116. The van der Waals surface area contributed by atoms with Crippen molar-refractivity contribution in [3.8, 4) is 0 Å². The Bertz CT molecular complexity index is 779. The number of anilines is 1. The second-order valence-electron chi connectivity index (χ2n) is 6.15. The molecule has 2 amide bonds. The van der Waals surface area contributed by atoms with Crippen molar-refractivity contribution in [1.29, 1.82) is 0 Å².